The summed E-state index contributed by atoms with van der Waals surface area (Å²) < 4.78 is 0. The van der Waals surface area contributed by atoms with Gasteiger partial charge < -0.3 is 5.32 Å². The fourth-order valence-corrected chi connectivity index (χ4v) is 2.68. The molecule has 1 amide bonds. The van der Waals surface area contributed by atoms with Crippen molar-refractivity contribution in [1.82, 2.24) is 10.2 Å². The van der Waals surface area contributed by atoms with Crippen LogP contribution in [0, 0.1) is 0 Å². The van der Waals surface area contributed by atoms with Crippen LogP contribution in [0.4, 0.5) is 5.69 Å². The Morgan fingerprint density at radius 3 is 2.59 bits per heavy atom. The predicted molar refractivity (Wildman–Crippen MR) is 87.0 cm³/mol. The van der Waals surface area contributed by atoms with Crippen LogP contribution in [0.15, 0.2) is 60.8 Å². The van der Waals surface area contributed by atoms with Crippen molar-refractivity contribution < 1.29 is 4.79 Å². The minimum absolute atomic E-state index is 0.0820. The Balaban J connectivity index is 1.82. The van der Waals surface area contributed by atoms with Gasteiger partial charge in [0.05, 0.1) is 11.9 Å². The Hall–Kier alpha value is -3.14. The van der Waals surface area contributed by atoms with Crippen molar-refractivity contribution in [2.45, 2.75) is 0 Å². The Morgan fingerprint density at radius 1 is 0.955 bits per heavy atom. The van der Waals surface area contributed by atoms with Crippen LogP contribution in [0.5, 0.6) is 0 Å². The van der Waals surface area contributed by atoms with Gasteiger partial charge in [-0.25, -0.2) is 0 Å². The lowest BCUT2D eigenvalue weighted by Gasteiger charge is -2.01. The minimum atomic E-state index is -0.0820. The van der Waals surface area contributed by atoms with E-state index in [0.717, 1.165) is 28.1 Å². The third kappa shape index (κ3) is 2.02. The number of amides is 1. The maximum absolute atomic E-state index is 12.2. The molecule has 4 heteroatoms. The molecule has 0 unspecified atom stereocenters. The normalized spacial score (nSPS) is 14.9. The van der Waals surface area contributed by atoms with Gasteiger partial charge in [-0.1, -0.05) is 48.5 Å². The van der Waals surface area contributed by atoms with Crippen LogP contribution in [0.3, 0.4) is 0 Å². The Bertz CT molecular complexity index is 878. The molecule has 0 bridgehead atoms. The van der Waals surface area contributed by atoms with Gasteiger partial charge in [-0.15, -0.1) is 0 Å². The molecule has 2 aromatic carbocycles. The highest BCUT2D eigenvalue weighted by molar-refractivity contribution is 6.35. The number of para-hydroxylation sites is 1. The van der Waals surface area contributed by atoms with Gasteiger partial charge in [-0.3, -0.25) is 9.89 Å². The molecule has 0 saturated heterocycles. The second-order valence-electron chi connectivity index (χ2n) is 5.12. The summed E-state index contributed by atoms with van der Waals surface area (Å²) in [5, 5.41) is 10.0. The van der Waals surface area contributed by atoms with E-state index in [0.29, 0.717) is 5.57 Å². The summed E-state index contributed by atoms with van der Waals surface area (Å²) in [5.41, 5.74) is 5.28. The van der Waals surface area contributed by atoms with Gasteiger partial charge in [0.1, 0.15) is 0 Å². The summed E-state index contributed by atoms with van der Waals surface area (Å²) in [7, 11) is 0. The molecule has 1 aliphatic heterocycles. The Kier molecular flexibility index (Phi) is 2.86. The molecule has 4 nitrogen and oxygen atoms in total. The number of aromatic amines is 1. The van der Waals surface area contributed by atoms with E-state index in [2.05, 4.69) is 15.5 Å². The van der Waals surface area contributed by atoms with Gasteiger partial charge in [-0.05, 0) is 12.1 Å². The molecule has 2 N–H and O–H groups in total. The Morgan fingerprint density at radius 2 is 1.73 bits per heavy atom. The third-order valence-corrected chi connectivity index (χ3v) is 3.74. The number of nitrogens with zero attached hydrogens (tertiary/aromatic N) is 1. The van der Waals surface area contributed by atoms with Gasteiger partial charge in [0, 0.05) is 28.0 Å². The molecular formula is C18H13N3O. The summed E-state index contributed by atoms with van der Waals surface area (Å²) in [5.74, 6) is -0.0820. The number of hydrogen-bond donors (Lipinski definition) is 2. The minimum Gasteiger partial charge on any atom is -0.321 e. The standard InChI is InChI=1S/C18H13N3O/c22-18-15(14-8-4-5-9-16(14)20-18)10-13-11-19-21-17(13)12-6-2-1-3-7-12/h1-11H,(H,19,21)(H,20,22)/b15-10+. The summed E-state index contributed by atoms with van der Waals surface area (Å²) in [6.45, 7) is 0. The Labute approximate surface area is 127 Å². The van der Waals surface area contributed by atoms with E-state index in [1.807, 2.05) is 60.7 Å². The first-order valence-electron chi connectivity index (χ1n) is 7.04. The first-order valence-corrected chi connectivity index (χ1v) is 7.04. The van der Waals surface area contributed by atoms with E-state index in [-0.39, 0.29) is 5.91 Å². The highest BCUT2D eigenvalue weighted by Gasteiger charge is 2.23. The predicted octanol–water partition coefficient (Wildman–Crippen LogP) is 3.57. The topological polar surface area (TPSA) is 57.8 Å². The maximum atomic E-state index is 12.2. The summed E-state index contributed by atoms with van der Waals surface area (Å²) in [4.78, 5) is 12.2. The molecule has 0 saturated carbocycles. The van der Waals surface area contributed by atoms with Crippen LogP contribution >= 0.6 is 0 Å². The monoisotopic (exact) mass is 287 g/mol. The summed E-state index contributed by atoms with van der Waals surface area (Å²) >= 11 is 0. The van der Waals surface area contributed by atoms with Gasteiger partial charge in [0.2, 0.25) is 0 Å². The molecule has 1 aromatic heterocycles. The van der Waals surface area contributed by atoms with Crippen molar-refractivity contribution in [3.8, 4) is 11.3 Å². The zero-order valence-electron chi connectivity index (χ0n) is 11.7. The van der Waals surface area contributed by atoms with Crippen molar-refractivity contribution in [2.75, 3.05) is 5.32 Å². The van der Waals surface area contributed by atoms with Crippen LogP contribution in [0.1, 0.15) is 11.1 Å². The number of fused-ring (bicyclic) bond motifs is 1. The molecule has 0 atom stereocenters. The summed E-state index contributed by atoms with van der Waals surface area (Å²) in [6.07, 6.45) is 3.62. The van der Waals surface area contributed by atoms with Crippen LogP contribution in [0.25, 0.3) is 22.9 Å². The first kappa shape index (κ1) is 12.6. The van der Waals surface area contributed by atoms with Crippen LogP contribution < -0.4 is 5.32 Å². The molecule has 22 heavy (non-hydrogen) atoms. The SMILES string of the molecule is O=C1Nc2ccccc2/C1=C\c1cn[nH]c1-c1ccccc1. The van der Waals surface area contributed by atoms with Crippen molar-refractivity contribution in [2.24, 2.45) is 0 Å². The number of aromatic nitrogens is 2. The number of hydrogen-bond acceptors (Lipinski definition) is 2. The lowest BCUT2D eigenvalue weighted by atomic mass is 10.0. The molecule has 0 aliphatic carbocycles. The zero-order valence-corrected chi connectivity index (χ0v) is 11.7. The average molecular weight is 287 g/mol. The molecule has 3 aromatic rings. The molecule has 4 rings (SSSR count). The smallest absolute Gasteiger partial charge is 0.256 e. The van der Waals surface area contributed by atoms with E-state index >= 15 is 0 Å². The van der Waals surface area contributed by atoms with Gasteiger partial charge in [0.15, 0.2) is 0 Å². The molecule has 0 spiro atoms. The number of benzene rings is 2. The largest absolute Gasteiger partial charge is 0.321 e. The number of rotatable bonds is 2. The van der Waals surface area contributed by atoms with Crippen molar-refractivity contribution >= 4 is 23.2 Å². The second-order valence-corrected chi connectivity index (χ2v) is 5.12. The zero-order chi connectivity index (χ0) is 14.9. The number of carbonyl (C=O) groups excluding carboxylic acids is 1. The van der Waals surface area contributed by atoms with E-state index in [1.165, 1.54) is 0 Å². The van der Waals surface area contributed by atoms with Crippen molar-refractivity contribution in [1.29, 1.82) is 0 Å². The lowest BCUT2D eigenvalue weighted by Crippen LogP contribution is -2.03. The van der Waals surface area contributed by atoms with E-state index < -0.39 is 0 Å². The van der Waals surface area contributed by atoms with Gasteiger partial charge >= 0.3 is 0 Å². The number of carbonyl (C=O) groups is 1. The van der Waals surface area contributed by atoms with E-state index in [1.54, 1.807) is 6.20 Å². The number of nitrogens with one attached hydrogen (secondary N) is 2. The highest BCUT2D eigenvalue weighted by atomic mass is 16.2. The first-order chi connectivity index (χ1) is 10.8. The number of anilines is 1. The average Bonchev–Trinajstić information content (AvgIpc) is 3.14. The van der Waals surface area contributed by atoms with Gasteiger partial charge in [-0.2, -0.15) is 5.10 Å². The lowest BCUT2D eigenvalue weighted by molar-refractivity contribution is -0.110. The molecule has 0 radical (unpaired) electrons. The van der Waals surface area contributed by atoms with Crippen LogP contribution in [-0.2, 0) is 4.79 Å². The molecule has 106 valence electrons. The molecule has 0 fully saturated rings. The quantitative estimate of drug-likeness (QED) is 0.708. The van der Waals surface area contributed by atoms with Crippen LogP contribution in [-0.4, -0.2) is 16.1 Å². The fraction of sp³-hybridized carbons (Fsp3) is 0. The van der Waals surface area contributed by atoms with Crippen molar-refractivity contribution in [3.05, 3.63) is 71.9 Å². The highest BCUT2D eigenvalue weighted by Crippen LogP contribution is 2.34. The molecule has 2 heterocycles. The fourth-order valence-electron chi connectivity index (χ4n) is 2.68. The van der Waals surface area contributed by atoms with Crippen molar-refractivity contribution in [3.63, 3.8) is 0 Å². The second kappa shape index (κ2) is 5.00. The maximum Gasteiger partial charge on any atom is 0.256 e. The van der Waals surface area contributed by atoms with Gasteiger partial charge in [0.25, 0.3) is 5.91 Å². The van der Waals surface area contributed by atoms with E-state index in [4.69, 9.17) is 0 Å². The molecule has 1 aliphatic rings. The number of H-pyrrole nitrogens is 1. The third-order valence-electron chi connectivity index (χ3n) is 3.74. The van der Waals surface area contributed by atoms with Crippen LogP contribution in [0.2, 0.25) is 0 Å². The molecular weight excluding hydrogens is 274 g/mol. The van der Waals surface area contributed by atoms with E-state index in [9.17, 15) is 4.79 Å². The summed E-state index contributed by atoms with van der Waals surface area (Å²) in [6, 6.07) is 17.6.